The predicted molar refractivity (Wildman–Crippen MR) is 75.7 cm³/mol. The maximum absolute atomic E-state index is 10.2. The van der Waals surface area contributed by atoms with Gasteiger partial charge >= 0.3 is 0 Å². The van der Waals surface area contributed by atoms with E-state index in [9.17, 15) is 5.11 Å². The van der Waals surface area contributed by atoms with Crippen LogP contribution in [0.1, 0.15) is 23.9 Å². The van der Waals surface area contributed by atoms with Crippen LogP contribution in [0.15, 0.2) is 6.07 Å². The summed E-state index contributed by atoms with van der Waals surface area (Å²) in [5, 5.41) is 22.4. The monoisotopic (exact) mass is 264 g/mol. The number of rotatable bonds is 6. The molecule has 19 heavy (non-hydrogen) atoms. The first kappa shape index (κ1) is 15.7. The van der Waals surface area contributed by atoms with Gasteiger partial charge in [-0.2, -0.15) is 5.26 Å². The molecule has 1 aromatic rings. The Morgan fingerprint density at radius 3 is 2.63 bits per heavy atom. The molecule has 0 aliphatic rings. The summed E-state index contributed by atoms with van der Waals surface area (Å²) in [5.74, 6) is 0. The minimum Gasteiger partial charge on any atom is -0.388 e. The Labute approximate surface area is 115 Å². The smallest absolute Gasteiger partial charge is 0.120 e. The molecule has 0 saturated carbocycles. The zero-order valence-corrected chi connectivity index (χ0v) is 12.5. The highest BCUT2D eigenvalue weighted by Gasteiger charge is 2.20. The molecule has 0 aromatic carbocycles. The van der Waals surface area contributed by atoms with Crippen molar-refractivity contribution in [3.63, 3.8) is 0 Å². The molecule has 0 amide bonds. The van der Waals surface area contributed by atoms with Gasteiger partial charge in [-0.1, -0.05) is 0 Å². The highest BCUT2D eigenvalue weighted by Crippen LogP contribution is 2.13. The molecule has 1 unspecified atom stereocenters. The van der Waals surface area contributed by atoms with Gasteiger partial charge in [0.15, 0.2) is 0 Å². The molecule has 1 atom stereocenters. The quantitative estimate of drug-likeness (QED) is 0.790. The Kier molecular flexibility index (Phi) is 5.12. The van der Waals surface area contributed by atoms with E-state index in [-0.39, 0.29) is 0 Å². The molecule has 0 aliphatic carbocycles. The first-order valence-electron chi connectivity index (χ1n) is 6.40. The summed E-state index contributed by atoms with van der Waals surface area (Å²) in [5.41, 5.74) is 2.08. The zero-order chi connectivity index (χ0) is 14.6. The fraction of sp³-hybridized carbons (Fsp3) is 0.643. The van der Waals surface area contributed by atoms with Crippen LogP contribution in [0.5, 0.6) is 0 Å². The Morgan fingerprint density at radius 1 is 1.53 bits per heavy atom. The van der Waals surface area contributed by atoms with Gasteiger partial charge in [0, 0.05) is 32.4 Å². The molecule has 1 heterocycles. The molecule has 0 spiro atoms. The molecule has 106 valence electrons. The second-order valence-corrected chi connectivity index (χ2v) is 5.65. The summed E-state index contributed by atoms with van der Waals surface area (Å²) in [6, 6.07) is 4.06. The van der Waals surface area contributed by atoms with Gasteiger partial charge in [0.05, 0.1) is 5.60 Å². The molecule has 0 bridgehead atoms. The lowest BCUT2D eigenvalue weighted by Gasteiger charge is -2.27. The van der Waals surface area contributed by atoms with E-state index in [4.69, 9.17) is 5.26 Å². The minimum absolute atomic E-state index is 0.515. The van der Waals surface area contributed by atoms with Gasteiger partial charge < -0.3 is 19.9 Å². The van der Waals surface area contributed by atoms with Crippen LogP contribution in [0.3, 0.4) is 0 Å². The first-order valence-corrected chi connectivity index (χ1v) is 6.40. The van der Waals surface area contributed by atoms with Gasteiger partial charge in [0.25, 0.3) is 0 Å². The number of likely N-dealkylation sites (N-methyl/N-ethyl adjacent to an activating group) is 1. The maximum atomic E-state index is 10.2. The average Bonchev–Trinajstić information content (AvgIpc) is 2.55. The second kappa shape index (κ2) is 6.20. The summed E-state index contributed by atoms with van der Waals surface area (Å²) in [4.78, 5) is 1.96. The van der Waals surface area contributed by atoms with Crippen LogP contribution in [0.4, 0.5) is 0 Å². The summed E-state index contributed by atoms with van der Waals surface area (Å²) in [6.45, 7) is 5.60. The molecule has 0 fully saturated rings. The van der Waals surface area contributed by atoms with Crippen molar-refractivity contribution in [2.45, 2.75) is 26.0 Å². The van der Waals surface area contributed by atoms with E-state index in [1.165, 1.54) is 0 Å². The van der Waals surface area contributed by atoms with Crippen molar-refractivity contribution < 1.29 is 5.11 Å². The lowest BCUT2D eigenvalue weighted by molar-refractivity contribution is 0.0336. The second-order valence-electron chi connectivity index (χ2n) is 5.65. The van der Waals surface area contributed by atoms with E-state index in [0.29, 0.717) is 25.3 Å². The van der Waals surface area contributed by atoms with Crippen molar-refractivity contribution in [2.75, 3.05) is 27.2 Å². The predicted octanol–water partition coefficient (Wildman–Crippen LogP) is 0.607. The zero-order valence-electron chi connectivity index (χ0n) is 12.5. The third-order valence-corrected chi connectivity index (χ3v) is 3.23. The highest BCUT2D eigenvalue weighted by molar-refractivity contribution is 5.34. The normalized spacial score (nSPS) is 14.4. The van der Waals surface area contributed by atoms with Gasteiger partial charge in [-0.3, -0.25) is 0 Å². The number of nitrogens with zero attached hydrogens (tertiary/aromatic N) is 3. The molecule has 5 heteroatoms. The fourth-order valence-corrected chi connectivity index (χ4v) is 2.25. The molecule has 0 saturated heterocycles. The largest absolute Gasteiger partial charge is 0.388 e. The maximum Gasteiger partial charge on any atom is 0.120 e. The lowest BCUT2D eigenvalue weighted by Crippen LogP contribution is -2.45. The third-order valence-electron chi connectivity index (χ3n) is 3.23. The van der Waals surface area contributed by atoms with E-state index in [1.54, 1.807) is 0 Å². The molecule has 5 nitrogen and oxygen atoms in total. The third kappa shape index (κ3) is 4.35. The standard InChI is InChI=1S/C14H24N4O/c1-11-12(6-13(7-15)18(11)5)8-16-9-14(2,19)10-17(3)4/h6,16,19H,8-10H2,1-5H3. The number of hydrogen-bond acceptors (Lipinski definition) is 4. The van der Waals surface area contributed by atoms with Crippen LogP contribution in [-0.4, -0.2) is 47.4 Å². The summed E-state index contributed by atoms with van der Waals surface area (Å²) in [7, 11) is 5.77. The van der Waals surface area contributed by atoms with Crippen molar-refractivity contribution >= 4 is 0 Å². The Balaban J connectivity index is 2.57. The van der Waals surface area contributed by atoms with Crippen LogP contribution in [0.2, 0.25) is 0 Å². The number of aliphatic hydroxyl groups is 1. The van der Waals surface area contributed by atoms with E-state index >= 15 is 0 Å². The van der Waals surface area contributed by atoms with Gasteiger partial charge in [-0.15, -0.1) is 0 Å². The van der Waals surface area contributed by atoms with Crippen molar-refractivity contribution in [1.29, 1.82) is 5.26 Å². The van der Waals surface area contributed by atoms with Gasteiger partial charge in [-0.05, 0) is 39.6 Å². The number of aromatic nitrogens is 1. The van der Waals surface area contributed by atoms with E-state index in [2.05, 4.69) is 11.4 Å². The van der Waals surface area contributed by atoms with Crippen molar-refractivity contribution in [2.24, 2.45) is 7.05 Å². The number of hydrogen-bond donors (Lipinski definition) is 2. The Bertz CT molecular complexity index is 469. The van der Waals surface area contributed by atoms with Crippen LogP contribution >= 0.6 is 0 Å². The number of nitriles is 1. The topological polar surface area (TPSA) is 64.2 Å². The van der Waals surface area contributed by atoms with Crippen LogP contribution in [0, 0.1) is 18.3 Å². The molecular weight excluding hydrogens is 240 g/mol. The van der Waals surface area contributed by atoms with Crippen molar-refractivity contribution in [3.8, 4) is 6.07 Å². The summed E-state index contributed by atoms with van der Waals surface area (Å²) < 4.78 is 1.88. The first-order chi connectivity index (χ1) is 8.76. The van der Waals surface area contributed by atoms with Crippen LogP contribution in [-0.2, 0) is 13.6 Å². The minimum atomic E-state index is -0.760. The van der Waals surface area contributed by atoms with E-state index < -0.39 is 5.60 Å². The van der Waals surface area contributed by atoms with Crippen LogP contribution < -0.4 is 5.32 Å². The lowest BCUT2D eigenvalue weighted by atomic mass is 10.1. The van der Waals surface area contributed by atoms with Crippen LogP contribution in [0.25, 0.3) is 0 Å². The summed E-state index contributed by atoms with van der Waals surface area (Å²) >= 11 is 0. The Hall–Kier alpha value is -1.35. The van der Waals surface area contributed by atoms with E-state index in [1.807, 2.05) is 50.5 Å². The molecule has 2 N–H and O–H groups in total. The molecule has 1 rings (SSSR count). The van der Waals surface area contributed by atoms with Crippen molar-refractivity contribution in [3.05, 3.63) is 23.0 Å². The summed E-state index contributed by atoms with van der Waals surface area (Å²) in [6.07, 6.45) is 0. The Morgan fingerprint density at radius 2 is 2.16 bits per heavy atom. The molecule has 1 aromatic heterocycles. The number of nitrogens with one attached hydrogen (secondary N) is 1. The van der Waals surface area contributed by atoms with E-state index in [0.717, 1.165) is 11.3 Å². The van der Waals surface area contributed by atoms with Gasteiger partial charge in [0.1, 0.15) is 11.8 Å². The fourth-order valence-electron chi connectivity index (χ4n) is 2.25. The molecular formula is C14H24N4O. The average molecular weight is 264 g/mol. The molecule has 0 radical (unpaired) electrons. The molecule has 0 aliphatic heterocycles. The van der Waals surface area contributed by atoms with Gasteiger partial charge in [0.2, 0.25) is 0 Å². The van der Waals surface area contributed by atoms with Gasteiger partial charge in [-0.25, -0.2) is 0 Å². The SMILES string of the molecule is Cc1c(CNCC(C)(O)CN(C)C)cc(C#N)n1C. The van der Waals surface area contributed by atoms with Crippen molar-refractivity contribution in [1.82, 2.24) is 14.8 Å². The highest BCUT2D eigenvalue weighted by atomic mass is 16.3.